The molecule has 1 aliphatic heterocycles. The maximum atomic E-state index is 11.1. The van der Waals surface area contributed by atoms with Crippen LogP contribution in [0.25, 0.3) is 6.08 Å². The number of aliphatic hydroxyl groups excluding tert-OH is 1. The van der Waals surface area contributed by atoms with Crippen molar-refractivity contribution in [3.8, 4) is 5.75 Å². The van der Waals surface area contributed by atoms with Gasteiger partial charge in [0.2, 0.25) is 0 Å². The number of aliphatic carboxylic acids is 1. The van der Waals surface area contributed by atoms with Gasteiger partial charge in [0.15, 0.2) is 0 Å². The molecule has 0 spiro atoms. The molecule has 0 unspecified atom stereocenters. The summed E-state index contributed by atoms with van der Waals surface area (Å²) in [5, 5.41) is 19.0. The van der Waals surface area contributed by atoms with Crippen molar-refractivity contribution >= 4 is 47.0 Å². The molecular weight excluding hydrogens is 457 g/mol. The zero-order chi connectivity index (χ0) is 22.2. The number of carbonyl (C=O) groups is 1. The summed E-state index contributed by atoms with van der Waals surface area (Å²) >= 11 is 14.5. The van der Waals surface area contributed by atoms with Gasteiger partial charge in [0, 0.05) is 16.3 Å². The number of benzene rings is 2. The van der Waals surface area contributed by atoms with E-state index >= 15 is 0 Å². The highest BCUT2D eigenvalue weighted by Gasteiger charge is 2.23. The molecule has 1 aliphatic rings. The van der Waals surface area contributed by atoms with Crippen LogP contribution < -0.4 is 4.74 Å². The lowest BCUT2D eigenvalue weighted by atomic mass is 9.97. The molecule has 3 rings (SSSR count). The third-order valence-corrected chi connectivity index (χ3v) is 7.13. The Morgan fingerprint density at radius 3 is 2.68 bits per heavy atom. The number of carboxylic acid groups (broad SMARTS) is 1. The number of rotatable bonds is 9. The summed E-state index contributed by atoms with van der Waals surface area (Å²) in [5.74, 6) is -0.229. The van der Waals surface area contributed by atoms with E-state index in [4.69, 9.17) is 38.2 Å². The van der Waals surface area contributed by atoms with Gasteiger partial charge in [0.05, 0.1) is 22.6 Å². The average molecular weight is 482 g/mol. The SMILES string of the molecule is O=C(O)C1CCN(C/C=C/c2ccc(Sc3cccc(OCCO)c3)c(Cl)c2Cl)CC1. The van der Waals surface area contributed by atoms with Crippen molar-refractivity contribution in [3.63, 3.8) is 0 Å². The lowest BCUT2D eigenvalue weighted by Crippen LogP contribution is -2.36. The Kier molecular flexibility index (Phi) is 9.11. The van der Waals surface area contributed by atoms with Gasteiger partial charge in [-0.05, 0) is 55.8 Å². The minimum Gasteiger partial charge on any atom is -0.491 e. The second-order valence-electron chi connectivity index (χ2n) is 7.25. The van der Waals surface area contributed by atoms with Crippen LogP contribution in [0.15, 0.2) is 52.3 Å². The van der Waals surface area contributed by atoms with Crippen LogP contribution in [0, 0.1) is 5.92 Å². The van der Waals surface area contributed by atoms with Crippen LogP contribution in [0.3, 0.4) is 0 Å². The van der Waals surface area contributed by atoms with Gasteiger partial charge >= 0.3 is 5.97 Å². The first-order chi connectivity index (χ1) is 15.0. The standard InChI is InChI=1S/C23H25Cl2NO4S/c24-21-16(3-2-10-26-11-8-17(9-12-26)23(28)29)6-7-20(22(21)25)31-19-5-1-4-18(15-19)30-14-13-27/h1-7,15,17,27H,8-14H2,(H,28,29)/b3-2+. The third-order valence-electron chi connectivity index (χ3n) is 5.07. The normalized spacial score (nSPS) is 15.5. The summed E-state index contributed by atoms with van der Waals surface area (Å²) in [6, 6.07) is 11.5. The van der Waals surface area contributed by atoms with Crippen molar-refractivity contribution in [2.24, 2.45) is 5.92 Å². The molecule has 0 saturated carbocycles. The largest absolute Gasteiger partial charge is 0.491 e. The quantitative estimate of drug-likeness (QED) is 0.504. The molecule has 0 radical (unpaired) electrons. The summed E-state index contributed by atoms with van der Waals surface area (Å²) in [6.07, 6.45) is 5.37. The molecule has 0 aliphatic carbocycles. The minimum atomic E-state index is -0.695. The second-order valence-corrected chi connectivity index (χ2v) is 9.12. The molecule has 2 aromatic carbocycles. The van der Waals surface area contributed by atoms with Crippen LogP contribution in [0.5, 0.6) is 5.75 Å². The van der Waals surface area contributed by atoms with E-state index in [0.717, 1.165) is 35.0 Å². The van der Waals surface area contributed by atoms with Gasteiger partial charge in [-0.3, -0.25) is 9.69 Å². The van der Waals surface area contributed by atoms with Crippen molar-refractivity contribution in [1.29, 1.82) is 0 Å². The number of carboxylic acids is 1. The molecule has 166 valence electrons. The zero-order valence-corrected chi connectivity index (χ0v) is 19.3. The molecule has 31 heavy (non-hydrogen) atoms. The van der Waals surface area contributed by atoms with Gasteiger partial charge < -0.3 is 14.9 Å². The lowest BCUT2D eigenvalue weighted by molar-refractivity contribution is -0.143. The molecule has 8 heteroatoms. The van der Waals surface area contributed by atoms with E-state index in [1.165, 1.54) is 11.8 Å². The number of hydrogen-bond donors (Lipinski definition) is 2. The maximum absolute atomic E-state index is 11.1. The number of likely N-dealkylation sites (tertiary alicyclic amines) is 1. The topological polar surface area (TPSA) is 70.0 Å². The molecule has 5 nitrogen and oxygen atoms in total. The summed E-state index contributed by atoms with van der Waals surface area (Å²) in [6.45, 7) is 2.53. The fourth-order valence-electron chi connectivity index (χ4n) is 3.36. The highest BCUT2D eigenvalue weighted by Crippen LogP contribution is 2.40. The Labute approximate surface area is 196 Å². The van der Waals surface area contributed by atoms with Gasteiger partial charge in [-0.2, -0.15) is 0 Å². The van der Waals surface area contributed by atoms with Crippen molar-refractivity contribution < 1.29 is 19.7 Å². The number of aliphatic hydroxyl groups is 1. The molecule has 2 N–H and O–H groups in total. The molecule has 0 bridgehead atoms. The van der Waals surface area contributed by atoms with Crippen LogP contribution in [0.1, 0.15) is 18.4 Å². The van der Waals surface area contributed by atoms with Crippen LogP contribution in [0.4, 0.5) is 0 Å². The third kappa shape index (κ3) is 6.89. The molecule has 0 aromatic heterocycles. The van der Waals surface area contributed by atoms with E-state index in [2.05, 4.69) is 4.90 Å². The summed E-state index contributed by atoms with van der Waals surface area (Å²) in [7, 11) is 0. The fourth-order valence-corrected chi connectivity index (χ4v) is 4.84. The summed E-state index contributed by atoms with van der Waals surface area (Å²) < 4.78 is 5.45. The number of piperidine rings is 1. The Morgan fingerprint density at radius 2 is 1.97 bits per heavy atom. The first-order valence-electron chi connectivity index (χ1n) is 10.1. The predicted molar refractivity (Wildman–Crippen MR) is 125 cm³/mol. The van der Waals surface area contributed by atoms with Gasteiger partial charge in [-0.15, -0.1) is 0 Å². The zero-order valence-electron chi connectivity index (χ0n) is 17.0. The number of halogens is 2. The Hall–Kier alpha value is -1.70. The van der Waals surface area contributed by atoms with Crippen LogP contribution in [-0.2, 0) is 4.79 Å². The Balaban J connectivity index is 1.60. The van der Waals surface area contributed by atoms with Gasteiger partial charge in [0.25, 0.3) is 0 Å². The number of nitrogens with zero attached hydrogens (tertiary/aromatic N) is 1. The van der Waals surface area contributed by atoms with Crippen LogP contribution in [0.2, 0.25) is 10.0 Å². The molecule has 0 atom stereocenters. The highest BCUT2D eigenvalue weighted by atomic mass is 35.5. The minimum absolute atomic E-state index is 0.0333. The summed E-state index contributed by atoms with van der Waals surface area (Å²) in [5.41, 5.74) is 0.844. The molecular formula is C23H25Cl2NO4S. The van der Waals surface area contributed by atoms with Gasteiger partial charge in [-0.1, -0.05) is 59.2 Å². The maximum Gasteiger partial charge on any atom is 0.306 e. The second kappa shape index (κ2) is 11.8. The molecule has 1 saturated heterocycles. The first kappa shape index (κ1) is 24.0. The number of hydrogen-bond acceptors (Lipinski definition) is 5. The molecule has 1 heterocycles. The predicted octanol–water partition coefficient (Wildman–Crippen LogP) is 5.33. The lowest BCUT2D eigenvalue weighted by Gasteiger charge is -2.28. The molecule has 1 fully saturated rings. The van der Waals surface area contributed by atoms with Gasteiger partial charge in [0.1, 0.15) is 12.4 Å². The Morgan fingerprint density at radius 1 is 1.19 bits per heavy atom. The van der Waals surface area contributed by atoms with E-state index in [-0.39, 0.29) is 19.1 Å². The van der Waals surface area contributed by atoms with E-state index in [1.54, 1.807) is 0 Å². The van der Waals surface area contributed by atoms with Crippen molar-refractivity contribution in [1.82, 2.24) is 4.90 Å². The van der Waals surface area contributed by atoms with E-state index < -0.39 is 5.97 Å². The molecule has 2 aromatic rings. The first-order valence-corrected chi connectivity index (χ1v) is 11.7. The fraction of sp³-hybridized carbons (Fsp3) is 0.348. The van der Waals surface area contributed by atoms with Crippen molar-refractivity contribution in [2.75, 3.05) is 32.8 Å². The smallest absolute Gasteiger partial charge is 0.306 e. The molecule has 0 amide bonds. The van der Waals surface area contributed by atoms with Crippen molar-refractivity contribution in [3.05, 3.63) is 58.1 Å². The van der Waals surface area contributed by atoms with Crippen molar-refractivity contribution in [2.45, 2.75) is 22.6 Å². The monoisotopic (exact) mass is 481 g/mol. The van der Waals surface area contributed by atoms with Crippen LogP contribution >= 0.6 is 35.0 Å². The average Bonchev–Trinajstić information content (AvgIpc) is 2.77. The van der Waals surface area contributed by atoms with E-state index in [0.29, 0.717) is 28.6 Å². The summed E-state index contributed by atoms with van der Waals surface area (Å²) in [4.78, 5) is 15.1. The van der Waals surface area contributed by atoms with Crippen LogP contribution in [-0.4, -0.2) is 53.9 Å². The number of ether oxygens (including phenoxy) is 1. The Bertz CT molecular complexity index is 930. The van der Waals surface area contributed by atoms with E-state index in [9.17, 15) is 4.79 Å². The van der Waals surface area contributed by atoms with Gasteiger partial charge in [-0.25, -0.2) is 0 Å². The van der Waals surface area contributed by atoms with E-state index in [1.807, 2.05) is 48.6 Å². The highest BCUT2D eigenvalue weighted by molar-refractivity contribution is 7.99.